The van der Waals surface area contributed by atoms with Crippen molar-refractivity contribution < 1.29 is 14.3 Å². The van der Waals surface area contributed by atoms with Gasteiger partial charge in [0, 0.05) is 23.1 Å². The van der Waals surface area contributed by atoms with Crippen molar-refractivity contribution in [2.24, 2.45) is 5.92 Å². The van der Waals surface area contributed by atoms with Gasteiger partial charge in [-0.1, -0.05) is 6.92 Å². The van der Waals surface area contributed by atoms with E-state index in [2.05, 4.69) is 6.92 Å². The lowest BCUT2D eigenvalue weighted by atomic mass is 9.79. The van der Waals surface area contributed by atoms with Crippen LogP contribution >= 0.6 is 11.3 Å². The minimum absolute atomic E-state index is 0.258. The average Bonchev–Trinajstić information content (AvgIpc) is 2.80. The van der Waals surface area contributed by atoms with Gasteiger partial charge in [-0.25, -0.2) is 4.79 Å². The van der Waals surface area contributed by atoms with Crippen LogP contribution in [-0.2, 0) is 9.53 Å². The van der Waals surface area contributed by atoms with Gasteiger partial charge in [0.2, 0.25) is 0 Å². The van der Waals surface area contributed by atoms with E-state index in [9.17, 15) is 9.59 Å². The van der Waals surface area contributed by atoms with Crippen molar-refractivity contribution in [1.82, 2.24) is 0 Å². The Kier molecular flexibility index (Phi) is 4.40. The molecule has 4 heteroatoms. The van der Waals surface area contributed by atoms with Crippen LogP contribution in [-0.4, -0.2) is 18.9 Å². The molecule has 1 aromatic rings. The van der Waals surface area contributed by atoms with Crippen molar-refractivity contribution >= 4 is 23.1 Å². The number of esters is 1. The van der Waals surface area contributed by atoms with Gasteiger partial charge in [-0.05, 0) is 37.2 Å². The Hall–Kier alpha value is -1.16. The third kappa shape index (κ3) is 2.89. The molecule has 1 atom stereocenters. The van der Waals surface area contributed by atoms with Gasteiger partial charge in [0.05, 0.1) is 12.7 Å². The summed E-state index contributed by atoms with van der Waals surface area (Å²) >= 11 is 1.64. The second-order valence-electron chi connectivity index (χ2n) is 5.29. The number of hydrogen-bond acceptors (Lipinski definition) is 4. The molecule has 1 aliphatic carbocycles. The number of carbonyl (C=O) groups excluding carboxylic acids is 2. The lowest BCUT2D eigenvalue weighted by Crippen LogP contribution is -2.18. The standard InChI is InChI=1S/C15H20O3S/c1-9(11-4-6-12(16)7-5-11)14-10(2)13(8-19-14)15(17)18-3/h8-9,11H,4-7H2,1-3H3. The predicted molar refractivity (Wildman–Crippen MR) is 75.8 cm³/mol. The number of Topliss-reactive ketones (excluding diaryl/α,β-unsaturated/α-hetero) is 1. The Bertz CT molecular complexity index is 480. The highest BCUT2D eigenvalue weighted by atomic mass is 32.1. The number of hydrogen-bond donors (Lipinski definition) is 0. The van der Waals surface area contributed by atoms with Crippen molar-refractivity contribution in [2.45, 2.75) is 45.4 Å². The topological polar surface area (TPSA) is 43.4 Å². The fourth-order valence-corrected chi connectivity index (χ4v) is 4.08. The van der Waals surface area contributed by atoms with Crippen LogP contribution in [0.4, 0.5) is 0 Å². The van der Waals surface area contributed by atoms with E-state index in [1.807, 2.05) is 12.3 Å². The molecular formula is C15H20O3S. The lowest BCUT2D eigenvalue weighted by Gasteiger charge is -2.27. The molecule has 0 spiro atoms. The Labute approximate surface area is 118 Å². The molecular weight excluding hydrogens is 260 g/mol. The number of methoxy groups -OCH3 is 1. The van der Waals surface area contributed by atoms with Gasteiger partial charge < -0.3 is 4.74 Å². The number of ketones is 1. The van der Waals surface area contributed by atoms with Crippen LogP contribution in [0.5, 0.6) is 0 Å². The molecule has 1 heterocycles. The first kappa shape index (κ1) is 14.3. The molecule has 3 nitrogen and oxygen atoms in total. The van der Waals surface area contributed by atoms with Crippen LogP contribution in [0.1, 0.15) is 59.3 Å². The summed E-state index contributed by atoms with van der Waals surface area (Å²) in [4.78, 5) is 24.2. The molecule has 2 rings (SSSR count). The first-order valence-corrected chi connectivity index (χ1v) is 7.60. The Morgan fingerprint density at radius 2 is 2.05 bits per heavy atom. The maximum atomic E-state index is 11.6. The summed E-state index contributed by atoms with van der Waals surface area (Å²) < 4.78 is 4.79. The summed E-state index contributed by atoms with van der Waals surface area (Å²) in [5.74, 6) is 1.10. The Balaban J connectivity index is 2.15. The van der Waals surface area contributed by atoms with E-state index in [0.29, 0.717) is 36.0 Å². The number of rotatable bonds is 3. The van der Waals surface area contributed by atoms with Gasteiger partial charge in [0.1, 0.15) is 5.78 Å². The molecule has 0 aromatic carbocycles. The molecule has 1 saturated carbocycles. The second kappa shape index (κ2) is 5.87. The van der Waals surface area contributed by atoms with Crippen molar-refractivity contribution in [3.63, 3.8) is 0 Å². The molecule has 104 valence electrons. The monoisotopic (exact) mass is 280 g/mol. The minimum Gasteiger partial charge on any atom is -0.465 e. The quantitative estimate of drug-likeness (QED) is 0.793. The van der Waals surface area contributed by atoms with E-state index < -0.39 is 0 Å². The zero-order valence-corrected chi connectivity index (χ0v) is 12.5. The SMILES string of the molecule is COC(=O)c1csc(C(C)C2CCC(=O)CC2)c1C. The summed E-state index contributed by atoms with van der Waals surface area (Å²) in [6, 6.07) is 0. The van der Waals surface area contributed by atoms with Crippen molar-refractivity contribution in [3.05, 3.63) is 21.4 Å². The fourth-order valence-electron chi connectivity index (χ4n) is 2.87. The first-order chi connectivity index (χ1) is 9.04. The van der Waals surface area contributed by atoms with Crippen molar-refractivity contribution in [1.29, 1.82) is 0 Å². The van der Waals surface area contributed by atoms with Crippen molar-refractivity contribution in [3.8, 4) is 0 Å². The second-order valence-corrected chi connectivity index (χ2v) is 6.21. The first-order valence-electron chi connectivity index (χ1n) is 6.72. The summed E-state index contributed by atoms with van der Waals surface area (Å²) in [5.41, 5.74) is 1.72. The van der Waals surface area contributed by atoms with E-state index in [0.717, 1.165) is 18.4 Å². The minimum atomic E-state index is -0.258. The van der Waals surface area contributed by atoms with Gasteiger partial charge in [-0.3, -0.25) is 4.79 Å². The van der Waals surface area contributed by atoms with Gasteiger partial charge in [-0.2, -0.15) is 0 Å². The highest BCUT2D eigenvalue weighted by Gasteiger charge is 2.28. The van der Waals surface area contributed by atoms with E-state index in [1.54, 1.807) is 11.3 Å². The highest BCUT2D eigenvalue weighted by molar-refractivity contribution is 7.10. The van der Waals surface area contributed by atoms with Gasteiger partial charge in [0.15, 0.2) is 0 Å². The normalized spacial score (nSPS) is 18.4. The maximum Gasteiger partial charge on any atom is 0.338 e. The third-order valence-corrected chi connectivity index (χ3v) is 5.48. The summed E-state index contributed by atoms with van der Waals surface area (Å²) in [5, 5.41) is 1.89. The van der Waals surface area contributed by atoms with Crippen LogP contribution in [0, 0.1) is 12.8 Å². The Morgan fingerprint density at radius 3 is 2.63 bits per heavy atom. The highest BCUT2D eigenvalue weighted by Crippen LogP contribution is 2.39. The fraction of sp³-hybridized carbons (Fsp3) is 0.600. The zero-order valence-electron chi connectivity index (χ0n) is 11.7. The number of ether oxygens (including phenoxy) is 1. The molecule has 1 unspecified atom stereocenters. The number of carbonyl (C=O) groups is 2. The largest absolute Gasteiger partial charge is 0.465 e. The molecule has 0 radical (unpaired) electrons. The molecule has 0 aliphatic heterocycles. The summed E-state index contributed by atoms with van der Waals surface area (Å²) in [6.45, 7) is 4.20. The molecule has 1 aliphatic rings. The molecule has 0 amide bonds. The van der Waals surface area contributed by atoms with Crippen LogP contribution in [0.15, 0.2) is 5.38 Å². The van der Waals surface area contributed by atoms with Gasteiger partial charge in [0.25, 0.3) is 0 Å². The van der Waals surface area contributed by atoms with Gasteiger partial charge in [-0.15, -0.1) is 11.3 Å². The molecule has 1 aromatic heterocycles. The smallest absolute Gasteiger partial charge is 0.338 e. The van der Waals surface area contributed by atoms with Crippen LogP contribution in [0.2, 0.25) is 0 Å². The van der Waals surface area contributed by atoms with E-state index in [-0.39, 0.29) is 5.97 Å². The van der Waals surface area contributed by atoms with Crippen LogP contribution in [0.3, 0.4) is 0 Å². The predicted octanol–water partition coefficient (Wildman–Crippen LogP) is 3.71. The van der Waals surface area contributed by atoms with E-state index in [4.69, 9.17) is 4.74 Å². The zero-order chi connectivity index (χ0) is 14.0. The van der Waals surface area contributed by atoms with Crippen molar-refractivity contribution in [2.75, 3.05) is 7.11 Å². The molecule has 19 heavy (non-hydrogen) atoms. The summed E-state index contributed by atoms with van der Waals surface area (Å²) in [6.07, 6.45) is 3.38. The molecule has 1 fully saturated rings. The maximum absolute atomic E-state index is 11.6. The molecule has 0 N–H and O–H groups in total. The molecule has 0 bridgehead atoms. The lowest BCUT2D eigenvalue weighted by molar-refractivity contribution is -0.121. The third-order valence-electron chi connectivity index (χ3n) is 4.19. The average molecular weight is 280 g/mol. The van der Waals surface area contributed by atoms with Crippen LogP contribution in [0.25, 0.3) is 0 Å². The van der Waals surface area contributed by atoms with E-state index >= 15 is 0 Å². The van der Waals surface area contributed by atoms with Crippen LogP contribution < -0.4 is 0 Å². The molecule has 0 saturated heterocycles. The number of thiophene rings is 1. The Morgan fingerprint density at radius 1 is 1.42 bits per heavy atom. The van der Waals surface area contributed by atoms with E-state index in [1.165, 1.54) is 12.0 Å². The van der Waals surface area contributed by atoms with Gasteiger partial charge >= 0.3 is 5.97 Å². The summed E-state index contributed by atoms with van der Waals surface area (Å²) in [7, 11) is 1.41.